The summed E-state index contributed by atoms with van der Waals surface area (Å²) >= 11 is 11.9. The van der Waals surface area contributed by atoms with E-state index in [2.05, 4.69) is 4.90 Å². The molecule has 23 heavy (non-hydrogen) atoms. The Morgan fingerprint density at radius 1 is 1.04 bits per heavy atom. The lowest BCUT2D eigenvalue weighted by Crippen LogP contribution is -2.50. The quantitative estimate of drug-likeness (QED) is 0.758. The Kier molecular flexibility index (Phi) is 5.21. The third kappa shape index (κ3) is 4.47. The van der Waals surface area contributed by atoms with Gasteiger partial charge < -0.3 is 4.74 Å². The molecule has 1 heterocycles. The predicted molar refractivity (Wildman–Crippen MR) is 91.5 cm³/mol. The summed E-state index contributed by atoms with van der Waals surface area (Å²) in [6.45, 7) is 2.52. The first-order valence-corrected chi connectivity index (χ1v) is 8.23. The number of likely N-dealkylation sites (tertiary alicyclic amines) is 1. The standard InChI is InChI=1S/C18H17Cl2NO2/c19-16-5-1-3-13(7-16)9-21-10-15(11-21)18(22)23-12-14-4-2-6-17(20)8-14/h1-8,15H,9-12H2. The highest BCUT2D eigenvalue weighted by Crippen LogP contribution is 2.22. The van der Waals surface area contributed by atoms with Gasteiger partial charge in [0.15, 0.2) is 0 Å². The van der Waals surface area contributed by atoms with Crippen LogP contribution in [-0.4, -0.2) is 24.0 Å². The van der Waals surface area contributed by atoms with Crippen molar-refractivity contribution >= 4 is 29.2 Å². The molecule has 5 heteroatoms. The molecule has 0 radical (unpaired) electrons. The zero-order valence-corrected chi connectivity index (χ0v) is 14.1. The summed E-state index contributed by atoms with van der Waals surface area (Å²) < 4.78 is 5.36. The maximum atomic E-state index is 12.0. The highest BCUT2D eigenvalue weighted by atomic mass is 35.5. The largest absolute Gasteiger partial charge is 0.461 e. The summed E-state index contributed by atoms with van der Waals surface area (Å²) in [6.07, 6.45) is 0. The van der Waals surface area contributed by atoms with Gasteiger partial charge in [0.2, 0.25) is 0 Å². The number of halogens is 2. The predicted octanol–water partition coefficient (Wildman–Crippen LogP) is 4.17. The number of ether oxygens (including phenoxy) is 1. The monoisotopic (exact) mass is 349 g/mol. The summed E-state index contributed by atoms with van der Waals surface area (Å²) in [7, 11) is 0. The number of nitrogens with zero attached hydrogens (tertiary/aromatic N) is 1. The van der Waals surface area contributed by atoms with E-state index < -0.39 is 0 Å². The molecule has 1 fully saturated rings. The molecule has 0 saturated carbocycles. The molecule has 0 aliphatic carbocycles. The lowest BCUT2D eigenvalue weighted by Gasteiger charge is -2.37. The van der Waals surface area contributed by atoms with Gasteiger partial charge in [-0.2, -0.15) is 0 Å². The van der Waals surface area contributed by atoms with Crippen molar-refractivity contribution in [1.29, 1.82) is 0 Å². The Labute approximate surface area is 145 Å². The molecule has 0 unspecified atom stereocenters. The number of rotatable bonds is 5. The van der Waals surface area contributed by atoms with Gasteiger partial charge in [0.1, 0.15) is 6.61 Å². The minimum Gasteiger partial charge on any atom is -0.461 e. The van der Waals surface area contributed by atoms with E-state index in [9.17, 15) is 4.79 Å². The van der Waals surface area contributed by atoms with Crippen LogP contribution in [0.3, 0.4) is 0 Å². The van der Waals surface area contributed by atoms with E-state index in [0.717, 1.165) is 35.8 Å². The Balaban J connectivity index is 1.43. The fraction of sp³-hybridized carbons (Fsp3) is 0.278. The Morgan fingerprint density at radius 3 is 2.30 bits per heavy atom. The lowest BCUT2D eigenvalue weighted by atomic mass is 9.99. The van der Waals surface area contributed by atoms with Crippen molar-refractivity contribution < 1.29 is 9.53 Å². The number of esters is 1. The molecule has 120 valence electrons. The van der Waals surface area contributed by atoms with Crippen LogP contribution in [-0.2, 0) is 22.7 Å². The molecule has 0 spiro atoms. The van der Waals surface area contributed by atoms with Gasteiger partial charge >= 0.3 is 5.97 Å². The van der Waals surface area contributed by atoms with Gasteiger partial charge in [-0.1, -0.05) is 47.5 Å². The van der Waals surface area contributed by atoms with Crippen LogP contribution in [0.15, 0.2) is 48.5 Å². The first-order chi connectivity index (χ1) is 11.1. The second-order valence-corrected chi connectivity index (χ2v) is 6.63. The van der Waals surface area contributed by atoms with Crippen molar-refractivity contribution in [3.8, 4) is 0 Å². The van der Waals surface area contributed by atoms with Crippen LogP contribution in [0.4, 0.5) is 0 Å². The third-order valence-corrected chi connectivity index (χ3v) is 4.33. The number of hydrogen-bond donors (Lipinski definition) is 0. The van der Waals surface area contributed by atoms with Crippen molar-refractivity contribution in [3.63, 3.8) is 0 Å². The van der Waals surface area contributed by atoms with E-state index in [1.807, 2.05) is 36.4 Å². The molecular weight excluding hydrogens is 333 g/mol. The van der Waals surface area contributed by atoms with Crippen molar-refractivity contribution in [2.75, 3.05) is 13.1 Å². The third-order valence-electron chi connectivity index (χ3n) is 3.86. The summed E-state index contributed by atoms with van der Waals surface area (Å²) in [5.41, 5.74) is 2.06. The van der Waals surface area contributed by atoms with Crippen molar-refractivity contribution in [1.82, 2.24) is 4.90 Å². The van der Waals surface area contributed by atoms with Crippen LogP contribution in [0, 0.1) is 5.92 Å². The SMILES string of the molecule is O=C(OCc1cccc(Cl)c1)C1CN(Cc2cccc(Cl)c2)C1. The Morgan fingerprint density at radius 2 is 1.65 bits per heavy atom. The molecule has 3 rings (SSSR count). The average Bonchev–Trinajstić information content (AvgIpc) is 2.48. The molecular formula is C18H17Cl2NO2. The van der Waals surface area contributed by atoms with Crippen molar-refractivity contribution in [2.45, 2.75) is 13.2 Å². The fourth-order valence-corrected chi connectivity index (χ4v) is 3.07. The van der Waals surface area contributed by atoms with Crippen molar-refractivity contribution in [2.24, 2.45) is 5.92 Å². The maximum Gasteiger partial charge on any atom is 0.311 e. The van der Waals surface area contributed by atoms with E-state index in [1.54, 1.807) is 12.1 Å². The Hall–Kier alpha value is -1.55. The fourth-order valence-electron chi connectivity index (χ4n) is 2.64. The molecule has 1 saturated heterocycles. The molecule has 0 amide bonds. The maximum absolute atomic E-state index is 12.0. The molecule has 0 atom stereocenters. The van der Waals surface area contributed by atoms with E-state index >= 15 is 0 Å². The summed E-state index contributed by atoms with van der Waals surface area (Å²) in [5, 5.41) is 1.38. The molecule has 2 aromatic carbocycles. The van der Waals surface area contributed by atoms with E-state index in [4.69, 9.17) is 27.9 Å². The molecule has 1 aliphatic heterocycles. The topological polar surface area (TPSA) is 29.5 Å². The van der Waals surface area contributed by atoms with Gasteiger partial charge in [-0.05, 0) is 35.4 Å². The summed E-state index contributed by atoms with van der Waals surface area (Å²) in [4.78, 5) is 14.2. The van der Waals surface area contributed by atoms with Crippen molar-refractivity contribution in [3.05, 3.63) is 69.7 Å². The lowest BCUT2D eigenvalue weighted by molar-refractivity contribution is -0.156. The minimum atomic E-state index is -0.146. The van der Waals surface area contributed by atoms with Gasteiger partial charge in [-0.3, -0.25) is 9.69 Å². The van der Waals surface area contributed by atoms with Crippen LogP contribution in [0.5, 0.6) is 0 Å². The van der Waals surface area contributed by atoms with E-state index in [1.165, 1.54) is 0 Å². The molecule has 0 aromatic heterocycles. The average molecular weight is 350 g/mol. The second kappa shape index (κ2) is 7.35. The van der Waals surface area contributed by atoms with Crippen LogP contribution in [0.1, 0.15) is 11.1 Å². The van der Waals surface area contributed by atoms with Crippen LogP contribution in [0.25, 0.3) is 0 Å². The van der Waals surface area contributed by atoms with Gasteiger partial charge in [0, 0.05) is 29.7 Å². The normalized spacial score (nSPS) is 15.2. The molecule has 0 bridgehead atoms. The van der Waals surface area contributed by atoms with E-state index in [0.29, 0.717) is 5.02 Å². The first-order valence-electron chi connectivity index (χ1n) is 7.48. The van der Waals surface area contributed by atoms with Crippen LogP contribution < -0.4 is 0 Å². The number of carbonyl (C=O) groups is 1. The second-order valence-electron chi connectivity index (χ2n) is 5.76. The zero-order valence-electron chi connectivity index (χ0n) is 12.5. The van der Waals surface area contributed by atoms with Crippen LogP contribution >= 0.6 is 23.2 Å². The molecule has 2 aromatic rings. The number of carbonyl (C=O) groups excluding carboxylic acids is 1. The van der Waals surface area contributed by atoms with Crippen LogP contribution in [0.2, 0.25) is 10.0 Å². The Bertz CT molecular complexity index is 699. The van der Waals surface area contributed by atoms with E-state index in [-0.39, 0.29) is 18.5 Å². The van der Waals surface area contributed by atoms with Gasteiger partial charge in [0.05, 0.1) is 5.92 Å². The molecule has 0 N–H and O–H groups in total. The zero-order chi connectivity index (χ0) is 16.2. The smallest absolute Gasteiger partial charge is 0.311 e. The summed E-state index contributed by atoms with van der Waals surface area (Å²) in [6, 6.07) is 15.1. The summed E-state index contributed by atoms with van der Waals surface area (Å²) in [5.74, 6) is -0.194. The minimum absolute atomic E-state index is 0.0478. The van der Waals surface area contributed by atoms with Gasteiger partial charge in [0.25, 0.3) is 0 Å². The molecule has 3 nitrogen and oxygen atoms in total. The highest BCUT2D eigenvalue weighted by Gasteiger charge is 2.33. The highest BCUT2D eigenvalue weighted by molar-refractivity contribution is 6.30. The molecule has 1 aliphatic rings. The number of hydrogen-bond acceptors (Lipinski definition) is 3. The first kappa shape index (κ1) is 16.3. The van der Waals surface area contributed by atoms with Gasteiger partial charge in [-0.25, -0.2) is 0 Å². The number of benzene rings is 2. The van der Waals surface area contributed by atoms with Gasteiger partial charge in [-0.15, -0.1) is 0 Å².